The molecule has 4 aliphatic rings. The number of likely N-dealkylation sites (tertiary alicyclic amines) is 1. The smallest absolute Gasteiger partial charge is 0.313 e. The van der Waals surface area contributed by atoms with Gasteiger partial charge in [-0.1, -0.05) is 75.4 Å². The fourth-order valence-electron chi connectivity index (χ4n) is 8.61. The summed E-state index contributed by atoms with van der Waals surface area (Å²) >= 11 is 0. The third-order valence-electron chi connectivity index (χ3n) is 10.3. The fraction of sp³-hybridized carbons (Fsp3) is 0.641. The lowest BCUT2D eigenvalue weighted by molar-refractivity contribution is -0.162. The molecule has 2 fully saturated rings. The SMILES string of the molecule is COC[C@@H]1NC(=O)CC/C=C\CN(C(C)(C)CC(C)(C)C)C(=O)[C@H]2N(CCCCCO)C(=O)[C@@H]3[C@@H](C(=O)O[C@H]1c1ccccc1)[C@H]1C=C[C@]32O1. The van der Waals surface area contributed by atoms with E-state index >= 15 is 4.79 Å². The van der Waals surface area contributed by atoms with Crippen LogP contribution in [0.2, 0.25) is 0 Å². The van der Waals surface area contributed by atoms with Crippen molar-refractivity contribution in [1.82, 2.24) is 15.1 Å². The molecule has 5 bridgehead atoms. The zero-order valence-electron chi connectivity index (χ0n) is 30.4. The lowest BCUT2D eigenvalue weighted by atomic mass is 9.74. The summed E-state index contributed by atoms with van der Waals surface area (Å²) in [4.78, 5) is 60.9. The molecular weight excluding hydrogens is 638 g/mol. The first-order valence-corrected chi connectivity index (χ1v) is 18.0. The van der Waals surface area contributed by atoms with Crippen molar-refractivity contribution in [3.8, 4) is 0 Å². The van der Waals surface area contributed by atoms with Gasteiger partial charge in [-0.3, -0.25) is 19.2 Å². The summed E-state index contributed by atoms with van der Waals surface area (Å²) in [5.74, 6) is -3.39. The molecule has 4 heterocycles. The molecule has 4 aliphatic heterocycles. The normalized spacial score (nSPS) is 31.2. The molecule has 3 amide bonds. The highest BCUT2D eigenvalue weighted by molar-refractivity contribution is 5.99. The first-order valence-electron chi connectivity index (χ1n) is 18.0. The summed E-state index contributed by atoms with van der Waals surface area (Å²) in [5, 5.41) is 12.5. The molecule has 7 atom stereocenters. The van der Waals surface area contributed by atoms with Gasteiger partial charge in [-0.05, 0) is 56.9 Å². The zero-order valence-corrected chi connectivity index (χ0v) is 30.4. The zero-order chi connectivity index (χ0) is 36.3. The van der Waals surface area contributed by atoms with Crippen molar-refractivity contribution in [3.63, 3.8) is 0 Å². The second kappa shape index (κ2) is 15.4. The number of aliphatic hydroxyl groups excluding tert-OH is 1. The number of carbonyl (C=O) groups excluding carboxylic acids is 4. The Morgan fingerprint density at radius 3 is 2.42 bits per heavy atom. The lowest BCUT2D eigenvalue weighted by Gasteiger charge is -2.45. The second-order valence-electron chi connectivity index (χ2n) is 15.9. The van der Waals surface area contributed by atoms with Crippen molar-refractivity contribution in [2.45, 2.75) is 109 Å². The predicted molar refractivity (Wildman–Crippen MR) is 187 cm³/mol. The van der Waals surface area contributed by atoms with E-state index in [2.05, 4.69) is 26.1 Å². The maximum atomic E-state index is 15.1. The molecule has 11 nitrogen and oxygen atoms in total. The number of amides is 3. The second-order valence-corrected chi connectivity index (χ2v) is 15.9. The van der Waals surface area contributed by atoms with E-state index in [-0.39, 0.29) is 55.9 Å². The Balaban J connectivity index is 1.61. The average Bonchev–Trinajstić information content (AvgIpc) is 3.69. The van der Waals surface area contributed by atoms with E-state index in [0.717, 1.165) is 0 Å². The van der Waals surface area contributed by atoms with Crippen molar-refractivity contribution < 1.29 is 38.5 Å². The first kappa shape index (κ1) is 37.7. The first-order chi connectivity index (χ1) is 23.7. The van der Waals surface area contributed by atoms with Crippen LogP contribution in [0.3, 0.4) is 0 Å². The van der Waals surface area contributed by atoms with Crippen molar-refractivity contribution in [3.05, 3.63) is 60.2 Å². The minimum atomic E-state index is -1.35. The van der Waals surface area contributed by atoms with Gasteiger partial charge in [0.05, 0.1) is 24.7 Å². The van der Waals surface area contributed by atoms with Crippen molar-refractivity contribution in [2.75, 3.05) is 33.4 Å². The number of hydrogen-bond donors (Lipinski definition) is 2. The Morgan fingerprint density at radius 2 is 1.74 bits per heavy atom. The van der Waals surface area contributed by atoms with Gasteiger partial charge in [0, 0.05) is 38.8 Å². The predicted octanol–water partition coefficient (Wildman–Crippen LogP) is 4.11. The Kier molecular flexibility index (Phi) is 11.6. The van der Waals surface area contributed by atoms with E-state index < -0.39 is 53.2 Å². The molecule has 1 aromatic rings. The molecule has 0 unspecified atom stereocenters. The van der Waals surface area contributed by atoms with Crippen molar-refractivity contribution in [1.29, 1.82) is 0 Å². The molecule has 0 aliphatic carbocycles. The molecule has 50 heavy (non-hydrogen) atoms. The van der Waals surface area contributed by atoms with Gasteiger partial charge in [0.1, 0.15) is 23.7 Å². The number of nitrogens with one attached hydrogen (secondary N) is 1. The fourth-order valence-corrected chi connectivity index (χ4v) is 8.61. The van der Waals surface area contributed by atoms with Crippen LogP contribution in [0.4, 0.5) is 0 Å². The number of rotatable bonds is 10. The number of carbonyl (C=O) groups is 4. The van der Waals surface area contributed by atoms with E-state index in [1.54, 1.807) is 11.0 Å². The molecule has 0 aromatic heterocycles. The average molecular weight is 694 g/mol. The number of hydrogen-bond acceptors (Lipinski definition) is 8. The number of aliphatic hydroxyl groups is 1. The minimum absolute atomic E-state index is 0.0402. The van der Waals surface area contributed by atoms with Crippen LogP contribution < -0.4 is 5.32 Å². The number of nitrogens with zero attached hydrogens (tertiary/aromatic N) is 2. The summed E-state index contributed by atoms with van der Waals surface area (Å²) in [7, 11) is 1.52. The molecule has 0 radical (unpaired) electrons. The summed E-state index contributed by atoms with van der Waals surface area (Å²) in [6.45, 7) is 11.2. The summed E-state index contributed by atoms with van der Waals surface area (Å²) < 4.78 is 18.4. The van der Waals surface area contributed by atoms with Gasteiger partial charge < -0.3 is 34.4 Å². The molecule has 11 heteroatoms. The van der Waals surface area contributed by atoms with Crippen LogP contribution in [-0.4, -0.2) is 101 Å². The number of allylic oxidation sites excluding steroid dienone is 1. The third kappa shape index (κ3) is 7.70. The number of cyclic esters (lactones) is 1. The molecular formula is C39H55N3O8. The number of fused-ring (bicyclic) bond motifs is 2. The number of benzene rings is 1. The van der Waals surface area contributed by atoms with E-state index in [1.807, 2.05) is 67.3 Å². The van der Waals surface area contributed by atoms with Crippen LogP contribution in [0.15, 0.2) is 54.6 Å². The lowest BCUT2D eigenvalue weighted by Crippen LogP contribution is -2.60. The highest BCUT2D eigenvalue weighted by atomic mass is 16.6. The Morgan fingerprint density at radius 1 is 1.00 bits per heavy atom. The van der Waals surface area contributed by atoms with E-state index in [0.29, 0.717) is 37.7 Å². The van der Waals surface area contributed by atoms with Gasteiger partial charge in [-0.2, -0.15) is 0 Å². The van der Waals surface area contributed by atoms with Crippen LogP contribution >= 0.6 is 0 Å². The highest BCUT2D eigenvalue weighted by Gasteiger charge is 2.73. The van der Waals surface area contributed by atoms with Crippen LogP contribution in [0.1, 0.15) is 84.8 Å². The highest BCUT2D eigenvalue weighted by Crippen LogP contribution is 2.56. The van der Waals surface area contributed by atoms with E-state index in [9.17, 15) is 19.5 Å². The minimum Gasteiger partial charge on any atom is -0.455 e. The topological polar surface area (TPSA) is 135 Å². The van der Waals surface area contributed by atoms with Crippen LogP contribution in [0, 0.1) is 17.3 Å². The molecule has 2 N–H and O–H groups in total. The Labute approximate surface area is 296 Å². The van der Waals surface area contributed by atoms with E-state index in [4.69, 9.17) is 14.2 Å². The maximum absolute atomic E-state index is 15.1. The monoisotopic (exact) mass is 693 g/mol. The van der Waals surface area contributed by atoms with Crippen molar-refractivity contribution in [2.24, 2.45) is 17.3 Å². The summed E-state index contributed by atoms with van der Waals surface area (Å²) in [6, 6.07) is 7.48. The van der Waals surface area contributed by atoms with Gasteiger partial charge in [-0.25, -0.2) is 0 Å². The van der Waals surface area contributed by atoms with Crippen LogP contribution in [0.25, 0.3) is 0 Å². The van der Waals surface area contributed by atoms with Gasteiger partial charge in [-0.15, -0.1) is 0 Å². The molecule has 1 spiro atoms. The number of ether oxygens (including phenoxy) is 3. The quantitative estimate of drug-likeness (QED) is 0.213. The van der Waals surface area contributed by atoms with Crippen LogP contribution in [0.5, 0.6) is 0 Å². The summed E-state index contributed by atoms with van der Waals surface area (Å²) in [5.41, 5.74) is -1.41. The standard InChI is InChI=1S/C39H55N3O8/c1-37(2,3)25-38(4,5)42-22-14-8-12-18-29(44)40-27(24-48-6)32(26-16-10-7-11-17-26)49-36(47)30-28-19-20-39(50-28)31(30)34(45)41(33(39)35(42)46)21-13-9-15-23-43/h7-8,10-11,14,16-17,19-20,27-28,30-33,43H,9,12-13,15,18,21-25H2,1-6H3,(H,40,44)/b14-8-/t27-,28+,30-,31-,32-,33+,39-/m0/s1. The molecule has 274 valence electrons. The largest absolute Gasteiger partial charge is 0.455 e. The maximum Gasteiger partial charge on any atom is 0.313 e. The third-order valence-corrected chi connectivity index (χ3v) is 10.3. The summed E-state index contributed by atoms with van der Waals surface area (Å²) in [6.07, 6.45) is 8.93. The number of unbranched alkanes of at least 4 members (excludes halogenated alkanes) is 2. The Hall–Kier alpha value is -3.54. The van der Waals surface area contributed by atoms with Gasteiger partial charge in [0.15, 0.2) is 0 Å². The molecule has 0 saturated carbocycles. The number of esters is 1. The number of methoxy groups -OCH3 is 1. The van der Waals surface area contributed by atoms with Gasteiger partial charge in [0.2, 0.25) is 17.7 Å². The molecule has 5 rings (SSSR count). The van der Waals surface area contributed by atoms with Crippen LogP contribution in [-0.2, 0) is 33.4 Å². The van der Waals surface area contributed by atoms with Gasteiger partial charge in [0.25, 0.3) is 0 Å². The van der Waals surface area contributed by atoms with Crippen molar-refractivity contribution >= 4 is 23.7 Å². The van der Waals surface area contributed by atoms with Gasteiger partial charge >= 0.3 is 5.97 Å². The molecule has 1 aromatic carbocycles. The Bertz CT molecular complexity index is 1450. The molecule has 2 saturated heterocycles. The van der Waals surface area contributed by atoms with E-state index in [1.165, 1.54) is 7.11 Å².